The topological polar surface area (TPSA) is 180 Å². The van der Waals surface area contributed by atoms with Crippen LogP contribution in [0.3, 0.4) is 0 Å². The summed E-state index contributed by atoms with van der Waals surface area (Å²) in [6, 6.07) is 21.5. The van der Waals surface area contributed by atoms with E-state index in [0.717, 1.165) is 21.9 Å². The van der Waals surface area contributed by atoms with Crippen molar-refractivity contribution in [1.29, 1.82) is 0 Å². The number of carbonyl (C=O) groups is 4. The maximum Gasteiger partial charge on any atom is 0.245 e. The molecule has 0 radical (unpaired) electrons. The number of hydrogen-bond acceptors (Lipinski definition) is 6. The van der Waals surface area contributed by atoms with Gasteiger partial charge < -0.3 is 26.0 Å². The summed E-state index contributed by atoms with van der Waals surface area (Å²) in [5.74, 6) is -1.90. The van der Waals surface area contributed by atoms with E-state index in [9.17, 15) is 19.2 Å². The number of benzene rings is 3. The fourth-order valence-electron chi connectivity index (χ4n) is 5.85. The lowest BCUT2D eigenvalue weighted by molar-refractivity contribution is -0.138. The molecule has 0 bridgehead atoms. The summed E-state index contributed by atoms with van der Waals surface area (Å²) in [5, 5.41) is 11.3. The first-order valence-corrected chi connectivity index (χ1v) is 15.5. The minimum Gasteiger partial charge on any atom is -0.372 e. The zero-order chi connectivity index (χ0) is 32.9. The molecule has 4 rings (SSSR count). The fraction of sp³-hybridized carbons (Fsp3) is 0.412. The molecule has 1 saturated heterocycles. The number of azide groups is 1. The molecule has 1 aliphatic heterocycles. The van der Waals surface area contributed by atoms with Gasteiger partial charge in [0.05, 0.1) is 12.7 Å². The first kappa shape index (κ1) is 34.0. The van der Waals surface area contributed by atoms with Crippen LogP contribution >= 0.6 is 0 Å². The molecule has 0 aromatic heterocycles. The van der Waals surface area contributed by atoms with Crippen LogP contribution in [0.2, 0.25) is 0 Å². The Labute approximate surface area is 268 Å². The number of ether oxygens (including phenoxy) is 1. The van der Waals surface area contributed by atoms with E-state index < -0.39 is 29.8 Å². The summed E-state index contributed by atoms with van der Waals surface area (Å²) in [6.07, 6.45) is 1.65. The third-order valence-corrected chi connectivity index (χ3v) is 8.09. The van der Waals surface area contributed by atoms with E-state index in [1.54, 1.807) is 4.90 Å². The molecule has 12 nitrogen and oxygen atoms in total. The van der Waals surface area contributed by atoms with Gasteiger partial charge in [0, 0.05) is 43.8 Å². The van der Waals surface area contributed by atoms with E-state index >= 15 is 0 Å². The van der Waals surface area contributed by atoms with Crippen molar-refractivity contribution in [1.82, 2.24) is 15.5 Å². The Morgan fingerprint density at radius 1 is 1.00 bits per heavy atom. The molecule has 3 aromatic carbocycles. The monoisotopic (exact) mass is 627 g/mol. The van der Waals surface area contributed by atoms with Gasteiger partial charge in [0.15, 0.2) is 0 Å². The molecule has 46 heavy (non-hydrogen) atoms. The van der Waals surface area contributed by atoms with Gasteiger partial charge in [0.1, 0.15) is 12.1 Å². The Morgan fingerprint density at radius 3 is 2.46 bits per heavy atom. The fourth-order valence-corrected chi connectivity index (χ4v) is 5.85. The first-order valence-electron chi connectivity index (χ1n) is 15.5. The van der Waals surface area contributed by atoms with Gasteiger partial charge in [-0.2, -0.15) is 0 Å². The maximum atomic E-state index is 14.3. The number of fused-ring (bicyclic) bond motifs is 1. The highest BCUT2D eigenvalue weighted by Gasteiger charge is 2.39. The molecule has 1 aliphatic rings. The zero-order valence-electron chi connectivity index (χ0n) is 26.0. The first-order chi connectivity index (χ1) is 22.2. The lowest BCUT2D eigenvalue weighted by Crippen LogP contribution is -2.55. The average Bonchev–Trinajstić information content (AvgIpc) is 3.46. The highest BCUT2D eigenvalue weighted by atomic mass is 16.5. The van der Waals surface area contributed by atoms with Crippen LogP contribution in [0.1, 0.15) is 50.2 Å². The molecular weight excluding hydrogens is 586 g/mol. The summed E-state index contributed by atoms with van der Waals surface area (Å²) in [4.78, 5) is 55.6. The Kier molecular flexibility index (Phi) is 12.5. The van der Waals surface area contributed by atoms with Crippen molar-refractivity contribution in [2.45, 2.75) is 76.3 Å². The average molecular weight is 628 g/mol. The molecule has 1 fully saturated rings. The minimum absolute atomic E-state index is 0.00340. The van der Waals surface area contributed by atoms with Crippen molar-refractivity contribution in [3.8, 4) is 0 Å². The lowest BCUT2D eigenvalue weighted by atomic mass is 10.0. The molecule has 0 spiro atoms. The van der Waals surface area contributed by atoms with Crippen molar-refractivity contribution >= 4 is 34.4 Å². The molecule has 0 aliphatic carbocycles. The lowest BCUT2D eigenvalue weighted by Gasteiger charge is -2.30. The molecule has 3 aromatic rings. The third kappa shape index (κ3) is 10.0. The van der Waals surface area contributed by atoms with Crippen LogP contribution in [0, 0.1) is 0 Å². The SMILES string of the molecule is CC(=O)N[C@H](CCC(N)=O)C(=O)N[C@H](Cc1ccccc1)C(=O)N1C[C@H](OCc2ccc3ccccc3c2)C[C@@H]1CCCN=[N+]=[N-]. The van der Waals surface area contributed by atoms with Gasteiger partial charge in [-0.3, -0.25) is 19.2 Å². The molecule has 1 heterocycles. The number of amides is 4. The van der Waals surface area contributed by atoms with Crippen LogP contribution in [0.25, 0.3) is 21.2 Å². The number of primary amides is 1. The maximum absolute atomic E-state index is 14.3. The third-order valence-electron chi connectivity index (χ3n) is 8.09. The number of nitrogens with zero attached hydrogens (tertiary/aromatic N) is 4. The summed E-state index contributed by atoms with van der Waals surface area (Å²) in [5.41, 5.74) is 15.9. The van der Waals surface area contributed by atoms with Gasteiger partial charge >= 0.3 is 0 Å². The molecule has 242 valence electrons. The van der Waals surface area contributed by atoms with Crippen LogP contribution in [-0.2, 0) is 36.9 Å². The second-order valence-electron chi connectivity index (χ2n) is 11.6. The van der Waals surface area contributed by atoms with E-state index in [4.69, 9.17) is 16.0 Å². The number of carbonyl (C=O) groups excluding carboxylic acids is 4. The molecule has 4 atom stereocenters. The molecule has 0 saturated carbocycles. The number of rotatable bonds is 16. The van der Waals surface area contributed by atoms with E-state index in [0.29, 0.717) is 39.0 Å². The highest BCUT2D eigenvalue weighted by Crippen LogP contribution is 2.27. The minimum atomic E-state index is -1.03. The highest BCUT2D eigenvalue weighted by molar-refractivity contribution is 5.92. The van der Waals surface area contributed by atoms with Crippen LogP contribution in [-0.4, -0.2) is 65.8 Å². The Hall–Kier alpha value is -4.93. The molecular formula is C34H41N7O5. The molecule has 12 heteroatoms. The van der Waals surface area contributed by atoms with E-state index in [2.05, 4.69) is 44.9 Å². The molecule has 0 unspecified atom stereocenters. The van der Waals surface area contributed by atoms with Crippen molar-refractivity contribution in [2.75, 3.05) is 13.1 Å². The number of nitrogens with one attached hydrogen (secondary N) is 2. The van der Waals surface area contributed by atoms with E-state index in [1.807, 2.05) is 48.5 Å². The quantitative estimate of drug-likeness (QED) is 0.0941. The van der Waals surface area contributed by atoms with Crippen LogP contribution in [0.15, 0.2) is 77.9 Å². The number of hydrogen-bond donors (Lipinski definition) is 3. The summed E-state index contributed by atoms with van der Waals surface area (Å²) < 4.78 is 6.34. The van der Waals surface area contributed by atoms with Crippen molar-refractivity contribution in [2.24, 2.45) is 10.8 Å². The normalized spacial score (nSPS) is 17.1. The number of nitrogens with two attached hydrogens (primary N) is 1. The van der Waals surface area contributed by atoms with Gasteiger partial charge in [0.25, 0.3) is 0 Å². The summed E-state index contributed by atoms with van der Waals surface area (Å²) in [7, 11) is 0. The second kappa shape index (κ2) is 17.0. The Balaban J connectivity index is 1.52. The second-order valence-corrected chi connectivity index (χ2v) is 11.6. The standard InChI is InChI=1S/C34H41N7O5/c1-23(42)38-30(15-16-32(35)43)33(44)39-31(19-24-8-3-2-4-9-24)34(45)41-21-29(20-28(41)12-7-17-37-40-36)46-22-25-13-14-26-10-5-6-11-27(26)18-25/h2-6,8-11,13-14,18,28-31H,7,12,15-17,19-22H2,1H3,(H2,35,43)(H,38,42)(H,39,44)/t28-,29+,30+,31+/m0/s1. The smallest absolute Gasteiger partial charge is 0.245 e. The van der Waals surface area contributed by atoms with Crippen molar-refractivity contribution in [3.63, 3.8) is 0 Å². The summed E-state index contributed by atoms with van der Waals surface area (Å²) in [6.45, 7) is 2.29. The Morgan fingerprint density at radius 2 is 1.74 bits per heavy atom. The predicted octanol–water partition coefficient (Wildman–Crippen LogP) is 3.91. The number of likely N-dealkylation sites (tertiary alicyclic amines) is 1. The van der Waals surface area contributed by atoms with Crippen LogP contribution in [0.4, 0.5) is 0 Å². The van der Waals surface area contributed by atoms with Crippen LogP contribution in [0.5, 0.6) is 0 Å². The van der Waals surface area contributed by atoms with Gasteiger partial charge in [-0.1, -0.05) is 71.8 Å². The molecule has 4 N–H and O–H groups in total. The molecule has 4 amide bonds. The van der Waals surface area contributed by atoms with Crippen molar-refractivity contribution in [3.05, 3.63) is 94.4 Å². The van der Waals surface area contributed by atoms with E-state index in [1.165, 1.54) is 6.92 Å². The predicted molar refractivity (Wildman–Crippen MR) is 174 cm³/mol. The van der Waals surface area contributed by atoms with Gasteiger partial charge in [-0.15, -0.1) is 0 Å². The zero-order valence-corrected chi connectivity index (χ0v) is 26.0. The van der Waals surface area contributed by atoms with Gasteiger partial charge in [-0.05, 0) is 59.2 Å². The Bertz CT molecular complexity index is 1560. The van der Waals surface area contributed by atoms with Crippen molar-refractivity contribution < 1.29 is 23.9 Å². The van der Waals surface area contributed by atoms with Crippen LogP contribution < -0.4 is 16.4 Å². The summed E-state index contributed by atoms with van der Waals surface area (Å²) >= 11 is 0. The largest absolute Gasteiger partial charge is 0.372 e. The van der Waals surface area contributed by atoms with Gasteiger partial charge in [-0.25, -0.2) is 0 Å². The van der Waals surface area contributed by atoms with E-state index in [-0.39, 0.29) is 37.3 Å². The van der Waals surface area contributed by atoms with Gasteiger partial charge in [0.2, 0.25) is 23.6 Å².